The van der Waals surface area contributed by atoms with Crippen LogP contribution in [0.1, 0.15) is 25.6 Å². The van der Waals surface area contributed by atoms with Crippen LogP contribution in [0.2, 0.25) is 0 Å². The minimum Gasteiger partial charge on any atom is -0.481 e. The van der Waals surface area contributed by atoms with Crippen LogP contribution in [-0.4, -0.2) is 29.6 Å². The molecule has 15 heavy (non-hydrogen) atoms. The van der Waals surface area contributed by atoms with Crippen LogP contribution in [-0.2, 0) is 4.79 Å². The summed E-state index contributed by atoms with van der Waals surface area (Å²) in [4.78, 5) is 12.7. The number of carboxylic acid groups (broad SMARTS) is 1. The molecule has 0 fully saturated rings. The summed E-state index contributed by atoms with van der Waals surface area (Å²) in [6.07, 6.45) is 1.63. The molecule has 0 aromatic carbocycles. The van der Waals surface area contributed by atoms with Gasteiger partial charge >= 0.3 is 5.97 Å². The van der Waals surface area contributed by atoms with Crippen LogP contribution in [0.4, 0.5) is 0 Å². The number of nitrogens with zero attached hydrogens (tertiary/aromatic N) is 1. The van der Waals surface area contributed by atoms with Crippen molar-refractivity contribution in [3.63, 3.8) is 0 Å². The van der Waals surface area contributed by atoms with E-state index < -0.39 is 5.97 Å². The average molecular weight is 211 g/mol. The van der Waals surface area contributed by atoms with Crippen LogP contribution in [0.25, 0.3) is 0 Å². The zero-order chi connectivity index (χ0) is 11.4. The summed E-state index contributed by atoms with van der Waals surface area (Å²) in [5.74, 6) is -0.281. The van der Waals surface area contributed by atoms with Gasteiger partial charge in [-0.2, -0.15) is 0 Å². The molecule has 0 radical (unpaired) electrons. The molecule has 84 valence electrons. The van der Waals surface area contributed by atoms with E-state index in [0.717, 1.165) is 5.76 Å². The molecular formula is C11H17NO3. The summed E-state index contributed by atoms with van der Waals surface area (Å²) >= 11 is 0. The summed E-state index contributed by atoms with van der Waals surface area (Å²) in [5, 5.41) is 8.79. The van der Waals surface area contributed by atoms with Crippen molar-refractivity contribution in [1.29, 1.82) is 0 Å². The molecule has 0 aliphatic rings. The molecule has 1 aromatic heterocycles. The summed E-state index contributed by atoms with van der Waals surface area (Å²) in [6, 6.07) is 3.83. The van der Waals surface area contributed by atoms with Gasteiger partial charge in [-0.05, 0) is 26.1 Å². The lowest BCUT2D eigenvalue weighted by Crippen LogP contribution is -2.30. The first-order valence-corrected chi connectivity index (χ1v) is 4.98. The van der Waals surface area contributed by atoms with Gasteiger partial charge in [-0.15, -0.1) is 0 Å². The topological polar surface area (TPSA) is 53.7 Å². The smallest absolute Gasteiger partial charge is 0.307 e. The first-order valence-electron chi connectivity index (χ1n) is 4.98. The van der Waals surface area contributed by atoms with E-state index in [4.69, 9.17) is 9.52 Å². The highest BCUT2D eigenvalue weighted by molar-refractivity contribution is 5.69. The van der Waals surface area contributed by atoms with Crippen molar-refractivity contribution in [3.05, 3.63) is 24.2 Å². The minimum absolute atomic E-state index is 0.0989. The molecule has 0 aliphatic carbocycles. The third-order valence-corrected chi connectivity index (χ3v) is 2.60. The third kappa shape index (κ3) is 3.09. The first kappa shape index (κ1) is 11.8. The summed E-state index contributed by atoms with van der Waals surface area (Å²) < 4.78 is 5.27. The monoisotopic (exact) mass is 211 g/mol. The lowest BCUT2D eigenvalue weighted by Gasteiger charge is -2.24. The molecule has 2 unspecified atom stereocenters. The van der Waals surface area contributed by atoms with Crippen molar-refractivity contribution in [1.82, 2.24) is 4.90 Å². The number of hydrogen-bond donors (Lipinski definition) is 1. The van der Waals surface area contributed by atoms with Crippen LogP contribution >= 0.6 is 0 Å². The number of furan rings is 1. The SMILES string of the molecule is CC(CN(C)C(C)c1ccco1)C(=O)O. The summed E-state index contributed by atoms with van der Waals surface area (Å²) in [5.41, 5.74) is 0. The Kier molecular flexibility index (Phi) is 3.91. The van der Waals surface area contributed by atoms with E-state index in [1.807, 2.05) is 31.0 Å². The van der Waals surface area contributed by atoms with E-state index in [2.05, 4.69) is 0 Å². The first-order chi connectivity index (χ1) is 7.02. The second-order valence-corrected chi connectivity index (χ2v) is 3.87. The van der Waals surface area contributed by atoms with Gasteiger partial charge in [0, 0.05) is 6.54 Å². The molecule has 0 spiro atoms. The van der Waals surface area contributed by atoms with Gasteiger partial charge in [-0.1, -0.05) is 6.92 Å². The minimum atomic E-state index is -0.770. The van der Waals surface area contributed by atoms with Crippen molar-refractivity contribution in [3.8, 4) is 0 Å². The molecule has 2 atom stereocenters. The van der Waals surface area contributed by atoms with Crippen molar-refractivity contribution >= 4 is 5.97 Å². The Morgan fingerprint density at radius 3 is 2.73 bits per heavy atom. The molecule has 0 saturated carbocycles. The molecule has 1 heterocycles. The largest absolute Gasteiger partial charge is 0.481 e. The molecule has 1 rings (SSSR count). The predicted octanol–water partition coefficient (Wildman–Crippen LogP) is 1.99. The van der Waals surface area contributed by atoms with E-state index in [-0.39, 0.29) is 12.0 Å². The quantitative estimate of drug-likeness (QED) is 0.809. The fourth-order valence-electron chi connectivity index (χ4n) is 1.41. The maximum atomic E-state index is 10.7. The molecule has 0 saturated heterocycles. The maximum Gasteiger partial charge on any atom is 0.307 e. The Bertz CT molecular complexity index is 308. The zero-order valence-electron chi connectivity index (χ0n) is 9.30. The van der Waals surface area contributed by atoms with Crippen LogP contribution in [0.5, 0.6) is 0 Å². The van der Waals surface area contributed by atoms with Crippen LogP contribution < -0.4 is 0 Å². The number of rotatable bonds is 5. The van der Waals surface area contributed by atoms with Gasteiger partial charge in [-0.25, -0.2) is 0 Å². The highest BCUT2D eigenvalue weighted by atomic mass is 16.4. The van der Waals surface area contributed by atoms with Gasteiger partial charge in [-0.3, -0.25) is 9.69 Å². The Hall–Kier alpha value is -1.29. The Morgan fingerprint density at radius 1 is 1.60 bits per heavy atom. The van der Waals surface area contributed by atoms with Gasteiger partial charge in [0.1, 0.15) is 5.76 Å². The van der Waals surface area contributed by atoms with Crippen molar-refractivity contribution < 1.29 is 14.3 Å². The zero-order valence-corrected chi connectivity index (χ0v) is 9.30. The van der Waals surface area contributed by atoms with Crippen molar-refractivity contribution in [2.45, 2.75) is 19.9 Å². The maximum absolute atomic E-state index is 10.7. The predicted molar refractivity (Wildman–Crippen MR) is 56.6 cm³/mol. The van der Waals surface area contributed by atoms with Gasteiger partial charge in [0.2, 0.25) is 0 Å². The van der Waals surface area contributed by atoms with E-state index in [9.17, 15) is 4.79 Å². The van der Waals surface area contributed by atoms with Gasteiger partial charge in [0.25, 0.3) is 0 Å². The van der Waals surface area contributed by atoms with Crippen molar-refractivity contribution in [2.75, 3.05) is 13.6 Å². The number of carboxylic acids is 1. The van der Waals surface area contributed by atoms with E-state index in [1.165, 1.54) is 0 Å². The second-order valence-electron chi connectivity index (χ2n) is 3.87. The highest BCUT2D eigenvalue weighted by Crippen LogP contribution is 2.19. The van der Waals surface area contributed by atoms with E-state index >= 15 is 0 Å². The Balaban J connectivity index is 2.54. The molecule has 4 nitrogen and oxygen atoms in total. The summed E-state index contributed by atoms with van der Waals surface area (Å²) in [7, 11) is 1.90. The van der Waals surface area contributed by atoms with Gasteiger partial charge < -0.3 is 9.52 Å². The normalized spacial score (nSPS) is 15.2. The Labute approximate surface area is 89.5 Å². The van der Waals surface area contributed by atoms with Gasteiger partial charge in [0.15, 0.2) is 0 Å². The molecule has 1 N–H and O–H groups in total. The fraction of sp³-hybridized carbons (Fsp3) is 0.545. The van der Waals surface area contributed by atoms with Crippen molar-refractivity contribution in [2.24, 2.45) is 5.92 Å². The van der Waals surface area contributed by atoms with Crippen LogP contribution in [0.3, 0.4) is 0 Å². The average Bonchev–Trinajstić information content (AvgIpc) is 2.68. The standard InChI is InChI=1S/C11H17NO3/c1-8(11(13)14)7-12(3)9(2)10-5-4-6-15-10/h4-6,8-9H,7H2,1-3H3,(H,13,14). The molecule has 4 heteroatoms. The number of hydrogen-bond acceptors (Lipinski definition) is 3. The molecule has 0 amide bonds. The van der Waals surface area contributed by atoms with Crippen LogP contribution in [0.15, 0.2) is 22.8 Å². The summed E-state index contributed by atoms with van der Waals surface area (Å²) in [6.45, 7) is 4.21. The Morgan fingerprint density at radius 2 is 2.27 bits per heavy atom. The third-order valence-electron chi connectivity index (χ3n) is 2.60. The lowest BCUT2D eigenvalue weighted by atomic mass is 10.1. The molecule has 0 bridgehead atoms. The molecule has 0 aliphatic heterocycles. The van der Waals surface area contributed by atoms with E-state index in [0.29, 0.717) is 6.54 Å². The highest BCUT2D eigenvalue weighted by Gasteiger charge is 2.19. The fourth-order valence-corrected chi connectivity index (χ4v) is 1.41. The lowest BCUT2D eigenvalue weighted by molar-refractivity contribution is -0.141. The molecular weight excluding hydrogens is 194 g/mol. The number of aliphatic carboxylic acids is 1. The number of carbonyl (C=O) groups is 1. The second kappa shape index (κ2) is 4.98. The van der Waals surface area contributed by atoms with Gasteiger partial charge in [0.05, 0.1) is 18.2 Å². The molecule has 1 aromatic rings. The van der Waals surface area contributed by atoms with Crippen LogP contribution in [0, 0.1) is 5.92 Å². The van der Waals surface area contributed by atoms with E-state index in [1.54, 1.807) is 13.2 Å².